The number of nitrogens with one attached hydrogen (secondary N) is 1. The maximum atomic E-state index is 4.08. The van der Waals surface area contributed by atoms with E-state index in [2.05, 4.69) is 15.3 Å². The molecular formula is C7H11N3. The van der Waals surface area contributed by atoms with Crippen LogP contribution in [0.2, 0.25) is 0 Å². The van der Waals surface area contributed by atoms with Gasteiger partial charge in [0.05, 0.1) is 6.04 Å². The Morgan fingerprint density at radius 1 is 1.40 bits per heavy atom. The maximum Gasteiger partial charge on any atom is 0.144 e. The Morgan fingerprint density at radius 3 is 2.50 bits per heavy atom. The molecule has 1 N–H and O–H groups in total. The third kappa shape index (κ3) is 1.51. The molecule has 1 atom stereocenters. The molecule has 0 radical (unpaired) electrons. The SMILES string of the molecule is CNC(C)c1ncccn1. The molecule has 0 saturated carbocycles. The average Bonchev–Trinajstić information content (AvgIpc) is 2.05. The van der Waals surface area contributed by atoms with Gasteiger partial charge in [0.25, 0.3) is 0 Å². The highest BCUT2D eigenvalue weighted by atomic mass is 15.0. The Kier molecular flexibility index (Phi) is 2.34. The van der Waals surface area contributed by atoms with Gasteiger partial charge in [-0.15, -0.1) is 0 Å². The number of aromatic nitrogens is 2. The Labute approximate surface area is 60.5 Å². The van der Waals surface area contributed by atoms with E-state index in [1.165, 1.54) is 0 Å². The molecule has 0 fully saturated rings. The van der Waals surface area contributed by atoms with Gasteiger partial charge in [-0.2, -0.15) is 0 Å². The highest BCUT2D eigenvalue weighted by Gasteiger charge is 2.01. The van der Waals surface area contributed by atoms with E-state index in [1.807, 2.05) is 20.0 Å². The second-order valence-corrected chi connectivity index (χ2v) is 2.12. The molecular weight excluding hydrogens is 126 g/mol. The van der Waals surface area contributed by atoms with Gasteiger partial charge < -0.3 is 5.32 Å². The van der Waals surface area contributed by atoms with Gasteiger partial charge in [0.1, 0.15) is 5.82 Å². The van der Waals surface area contributed by atoms with Crippen LogP contribution in [0.5, 0.6) is 0 Å². The van der Waals surface area contributed by atoms with E-state index in [9.17, 15) is 0 Å². The second-order valence-electron chi connectivity index (χ2n) is 2.12. The van der Waals surface area contributed by atoms with Crippen molar-refractivity contribution in [2.24, 2.45) is 0 Å². The van der Waals surface area contributed by atoms with Crippen molar-refractivity contribution in [3.05, 3.63) is 24.3 Å². The first kappa shape index (κ1) is 7.15. The monoisotopic (exact) mass is 137 g/mol. The summed E-state index contributed by atoms with van der Waals surface area (Å²) in [5, 5.41) is 3.06. The van der Waals surface area contributed by atoms with E-state index in [-0.39, 0.29) is 6.04 Å². The first-order chi connectivity index (χ1) is 4.84. The van der Waals surface area contributed by atoms with Crippen molar-refractivity contribution in [1.82, 2.24) is 15.3 Å². The summed E-state index contributed by atoms with van der Waals surface area (Å²) in [5.41, 5.74) is 0. The molecule has 1 unspecified atom stereocenters. The van der Waals surface area contributed by atoms with Crippen LogP contribution in [0.4, 0.5) is 0 Å². The van der Waals surface area contributed by atoms with E-state index in [0.717, 1.165) is 5.82 Å². The fourth-order valence-electron chi connectivity index (χ4n) is 0.663. The summed E-state index contributed by atoms with van der Waals surface area (Å²) in [7, 11) is 1.89. The lowest BCUT2D eigenvalue weighted by molar-refractivity contribution is 0.610. The summed E-state index contributed by atoms with van der Waals surface area (Å²) in [6.07, 6.45) is 3.49. The fraction of sp³-hybridized carbons (Fsp3) is 0.429. The van der Waals surface area contributed by atoms with E-state index in [1.54, 1.807) is 12.4 Å². The third-order valence-corrected chi connectivity index (χ3v) is 1.41. The summed E-state index contributed by atoms with van der Waals surface area (Å²) in [4.78, 5) is 8.15. The van der Waals surface area contributed by atoms with Crippen molar-refractivity contribution < 1.29 is 0 Å². The Morgan fingerprint density at radius 2 is 2.00 bits per heavy atom. The molecule has 1 aromatic heterocycles. The summed E-state index contributed by atoms with van der Waals surface area (Å²) in [6.45, 7) is 2.02. The van der Waals surface area contributed by atoms with Crippen LogP contribution in [0.1, 0.15) is 18.8 Å². The van der Waals surface area contributed by atoms with Gasteiger partial charge in [0, 0.05) is 12.4 Å². The van der Waals surface area contributed by atoms with Crippen molar-refractivity contribution in [3.63, 3.8) is 0 Å². The van der Waals surface area contributed by atoms with Crippen LogP contribution >= 0.6 is 0 Å². The third-order valence-electron chi connectivity index (χ3n) is 1.41. The molecule has 1 aromatic rings. The zero-order chi connectivity index (χ0) is 7.40. The van der Waals surface area contributed by atoms with Gasteiger partial charge in [0.15, 0.2) is 0 Å². The van der Waals surface area contributed by atoms with Crippen LogP contribution in [0.15, 0.2) is 18.5 Å². The van der Waals surface area contributed by atoms with Crippen LogP contribution in [0.25, 0.3) is 0 Å². The van der Waals surface area contributed by atoms with E-state index in [4.69, 9.17) is 0 Å². The van der Waals surface area contributed by atoms with Gasteiger partial charge in [-0.05, 0) is 20.0 Å². The van der Waals surface area contributed by atoms with Gasteiger partial charge in [-0.25, -0.2) is 9.97 Å². The van der Waals surface area contributed by atoms with Gasteiger partial charge >= 0.3 is 0 Å². The van der Waals surface area contributed by atoms with Crippen molar-refractivity contribution in [2.45, 2.75) is 13.0 Å². The zero-order valence-electron chi connectivity index (χ0n) is 6.20. The van der Waals surface area contributed by atoms with E-state index in [0.29, 0.717) is 0 Å². The van der Waals surface area contributed by atoms with E-state index < -0.39 is 0 Å². The molecule has 1 heterocycles. The van der Waals surface area contributed by atoms with Crippen LogP contribution < -0.4 is 5.32 Å². The van der Waals surface area contributed by atoms with Crippen LogP contribution in [-0.4, -0.2) is 17.0 Å². The number of hydrogen-bond acceptors (Lipinski definition) is 3. The first-order valence-electron chi connectivity index (χ1n) is 3.28. The quantitative estimate of drug-likeness (QED) is 0.653. The van der Waals surface area contributed by atoms with Crippen molar-refractivity contribution in [3.8, 4) is 0 Å². The Balaban J connectivity index is 2.75. The maximum absolute atomic E-state index is 4.08. The molecule has 0 spiro atoms. The van der Waals surface area contributed by atoms with Gasteiger partial charge in [-0.1, -0.05) is 0 Å². The lowest BCUT2D eigenvalue weighted by Gasteiger charge is -2.05. The minimum atomic E-state index is 0.237. The molecule has 3 heteroatoms. The molecule has 0 aliphatic rings. The summed E-state index contributed by atoms with van der Waals surface area (Å²) < 4.78 is 0. The highest BCUT2D eigenvalue weighted by molar-refractivity contribution is 4.93. The minimum Gasteiger partial charge on any atom is -0.311 e. The molecule has 10 heavy (non-hydrogen) atoms. The molecule has 0 bridgehead atoms. The fourth-order valence-corrected chi connectivity index (χ4v) is 0.663. The molecule has 0 aromatic carbocycles. The highest BCUT2D eigenvalue weighted by Crippen LogP contribution is 2.01. The number of hydrogen-bond donors (Lipinski definition) is 1. The molecule has 1 rings (SSSR count). The second kappa shape index (κ2) is 3.27. The predicted octanol–water partition coefficient (Wildman–Crippen LogP) is 0.757. The van der Waals surface area contributed by atoms with Crippen LogP contribution in [-0.2, 0) is 0 Å². The minimum absolute atomic E-state index is 0.237. The molecule has 3 nitrogen and oxygen atoms in total. The number of rotatable bonds is 2. The summed E-state index contributed by atoms with van der Waals surface area (Å²) in [6, 6.07) is 2.05. The molecule has 0 saturated heterocycles. The zero-order valence-corrected chi connectivity index (χ0v) is 6.20. The summed E-state index contributed by atoms with van der Waals surface area (Å²) in [5.74, 6) is 0.838. The van der Waals surface area contributed by atoms with Gasteiger partial charge in [-0.3, -0.25) is 0 Å². The van der Waals surface area contributed by atoms with Crippen molar-refractivity contribution >= 4 is 0 Å². The normalized spacial score (nSPS) is 13.0. The van der Waals surface area contributed by atoms with Crippen LogP contribution in [0.3, 0.4) is 0 Å². The number of nitrogens with zero attached hydrogens (tertiary/aromatic N) is 2. The molecule has 0 aliphatic heterocycles. The average molecular weight is 137 g/mol. The van der Waals surface area contributed by atoms with Gasteiger partial charge in [0.2, 0.25) is 0 Å². The van der Waals surface area contributed by atoms with E-state index >= 15 is 0 Å². The topological polar surface area (TPSA) is 37.8 Å². The lowest BCUT2D eigenvalue weighted by atomic mass is 10.3. The first-order valence-corrected chi connectivity index (χ1v) is 3.28. The Hall–Kier alpha value is -0.960. The summed E-state index contributed by atoms with van der Waals surface area (Å²) >= 11 is 0. The predicted molar refractivity (Wildman–Crippen MR) is 39.5 cm³/mol. The lowest BCUT2D eigenvalue weighted by Crippen LogP contribution is -2.14. The van der Waals surface area contributed by atoms with Crippen LogP contribution in [0, 0.1) is 0 Å². The molecule has 0 aliphatic carbocycles. The smallest absolute Gasteiger partial charge is 0.144 e. The standard InChI is InChI=1S/C7H11N3/c1-6(8-2)7-9-4-3-5-10-7/h3-6,8H,1-2H3. The van der Waals surface area contributed by atoms with Crippen molar-refractivity contribution in [1.29, 1.82) is 0 Å². The Bertz CT molecular complexity index is 185. The van der Waals surface area contributed by atoms with Crippen molar-refractivity contribution in [2.75, 3.05) is 7.05 Å². The largest absolute Gasteiger partial charge is 0.311 e. The molecule has 0 amide bonds. The molecule has 54 valence electrons.